The van der Waals surface area contributed by atoms with Gasteiger partial charge in [-0.1, -0.05) is 66.1 Å². The summed E-state index contributed by atoms with van der Waals surface area (Å²) in [5.74, 6) is 0.452. The Labute approximate surface area is 176 Å². The summed E-state index contributed by atoms with van der Waals surface area (Å²) in [5.41, 5.74) is 4.71. The standard InChI is InChI=1S/C21H29NOP.ClH.Ti/c1-7-22-13-16-10-8-9-15(3)20(16)24-18-12-14(2)11-17(19(18)23)21(4,5)6;;/h8-12,23-24H,7,13H2,1-6H3;1H;/q-1;;+2/p-1. The Morgan fingerprint density at radius 1 is 1.15 bits per heavy atom. The molecule has 0 aromatic heterocycles. The number of hydrogen-bond donors (Lipinski definition) is 1. The molecule has 0 fully saturated rings. The molecule has 0 spiro atoms. The van der Waals surface area contributed by atoms with Crippen molar-refractivity contribution >= 4 is 28.5 Å². The van der Waals surface area contributed by atoms with Gasteiger partial charge in [-0.15, -0.1) is 6.54 Å². The molecule has 2 aromatic rings. The zero-order valence-corrected chi connectivity index (χ0v) is 19.9. The van der Waals surface area contributed by atoms with Gasteiger partial charge < -0.3 is 10.4 Å². The van der Waals surface area contributed by atoms with Crippen LogP contribution in [-0.2, 0) is 31.3 Å². The van der Waals surface area contributed by atoms with Crippen molar-refractivity contribution in [3.8, 4) is 5.75 Å². The fraction of sp³-hybridized carbons (Fsp3) is 0.429. The van der Waals surface area contributed by atoms with E-state index in [0.717, 1.165) is 24.0 Å². The molecule has 0 aliphatic heterocycles. The van der Waals surface area contributed by atoms with E-state index in [4.69, 9.17) is 0 Å². The monoisotopic (exact) mass is 425 g/mol. The molecule has 0 aliphatic rings. The first-order valence-corrected chi connectivity index (χ1v) is 11.9. The number of benzene rings is 2. The van der Waals surface area contributed by atoms with Crippen LogP contribution in [0.15, 0.2) is 30.3 Å². The van der Waals surface area contributed by atoms with Gasteiger partial charge in [-0.2, -0.15) is 6.54 Å². The van der Waals surface area contributed by atoms with Crippen LogP contribution < -0.4 is 10.6 Å². The zero-order chi connectivity index (χ0) is 19.9. The van der Waals surface area contributed by atoms with Gasteiger partial charge in [0.15, 0.2) is 0 Å². The summed E-state index contributed by atoms with van der Waals surface area (Å²) in [6.45, 7) is 14.3. The van der Waals surface area contributed by atoms with Gasteiger partial charge in [0, 0.05) is 10.9 Å². The van der Waals surface area contributed by atoms with E-state index in [-0.39, 0.29) is 5.41 Å². The van der Waals surface area contributed by atoms with Crippen molar-refractivity contribution in [2.24, 2.45) is 0 Å². The molecule has 0 heterocycles. The van der Waals surface area contributed by atoms with Crippen LogP contribution >= 0.6 is 17.9 Å². The number of nitrogens with zero attached hydrogens (tertiary/aromatic N) is 1. The molecule has 1 N–H and O–H groups in total. The quantitative estimate of drug-likeness (QED) is 0.497. The molecule has 5 heteroatoms. The Morgan fingerprint density at radius 3 is 2.38 bits per heavy atom. The van der Waals surface area contributed by atoms with Crippen LogP contribution in [0.5, 0.6) is 5.75 Å². The molecule has 2 aromatic carbocycles. The molecular formula is C21H29ClNOPTi. The summed E-state index contributed by atoms with van der Waals surface area (Å²) in [4.78, 5) is 0. The van der Waals surface area contributed by atoms with Crippen LogP contribution in [0.2, 0.25) is 0 Å². The first kappa shape index (κ1) is 23.7. The van der Waals surface area contributed by atoms with Crippen LogP contribution in [0.3, 0.4) is 0 Å². The van der Waals surface area contributed by atoms with Crippen LogP contribution in [0, 0.1) is 13.8 Å². The third-order valence-electron chi connectivity index (χ3n) is 4.19. The predicted octanol–water partition coefficient (Wildman–Crippen LogP) is 5.52. The molecule has 0 saturated heterocycles. The van der Waals surface area contributed by atoms with Gasteiger partial charge in [0.2, 0.25) is 0 Å². The van der Waals surface area contributed by atoms with Crippen LogP contribution in [0.4, 0.5) is 0 Å². The number of hydrogen-bond acceptors (Lipinski definition) is 1. The van der Waals surface area contributed by atoms with E-state index in [2.05, 4.69) is 86.5 Å². The average molecular weight is 426 g/mol. The summed E-state index contributed by atoms with van der Waals surface area (Å²) >= 11 is 1.47. The maximum absolute atomic E-state index is 10.9. The number of aryl methyl sites for hydroxylation is 2. The topological polar surface area (TPSA) is 34.3 Å². The third kappa shape index (κ3) is 6.36. The van der Waals surface area contributed by atoms with E-state index < -0.39 is 0 Å². The molecule has 2 nitrogen and oxygen atoms in total. The number of aromatic hydroxyl groups is 1. The first-order valence-electron chi connectivity index (χ1n) is 8.75. The van der Waals surface area contributed by atoms with Gasteiger partial charge in [-0.05, 0) is 41.8 Å². The van der Waals surface area contributed by atoms with E-state index in [1.165, 1.54) is 41.4 Å². The van der Waals surface area contributed by atoms with Crippen LogP contribution in [-0.4, -0.2) is 11.7 Å². The fourth-order valence-electron chi connectivity index (χ4n) is 2.85. The summed E-state index contributed by atoms with van der Waals surface area (Å²) in [6, 6.07) is 10.6. The van der Waals surface area contributed by atoms with Crippen LogP contribution in [0.25, 0.3) is 5.32 Å². The molecule has 0 bridgehead atoms. The summed E-state index contributed by atoms with van der Waals surface area (Å²) in [7, 11) is 5.09. The van der Waals surface area contributed by atoms with Crippen LogP contribution in [0.1, 0.15) is 49.9 Å². The molecule has 0 aliphatic carbocycles. The molecule has 1 atom stereocenters. The second kappa shape index (κ2) is 10.8. The number of rotatable bonds is 5. The Morgan fingerprint density at radius 2 is 1.81 bits per heavy atom. The molecule has 0 amide bonds. The normalized spacial score (nSPS) is 11.5. The van der Waals surface area contributed by atoms with E-state index in [0.29, 0.717) is 14.3 Å². The van der Waals surface area contributed by atoms with Gasteiger partial charge in [0.1, 0.15) is 5.75 Å². The Bertz CT molecular complexity index is 729. The van der Waals surface area contributed by atoms with Crippen molar-refractivity contribution in [3.05, 3.63) is 57.9 Å². The fourth-order valence-corrected chi connectivity index (χ4v) is 4.28. The minimum atomic E-state index is -0.0680. The number of phenolic OH excluding ortho intramolecular Hbond substituents is 1. The van der Waals surface area contributed by atoms with Gasteiger partial charge in [0.25, 0.3) is 0 Å². The third-order valence-corrected chi connectivity index (χ3v) is 5.80. The molecule has 0 saturated carbocycles. The van der Waals surface area contributed by atoms with Crippen molar-refractivity contribution in [2.75, 3.05) is 6.54 Å². The van der Waals surface area contributed by atoms with Crippen molar-refractivity contribution < 1.29 is 24.5 Å². The molecule has 1 unspecified atom stereocenters. The van der Waals surface area contributed by atoms with Crippen molar-refractivity contribution in [3.63, 3.8) is 0 Å². The van der Waals surface area contributed by atoms with Crippen molar-refractivity contribution in [1.82, 2.24) is 0 Å². The first-order chi connectivity index (χ1) is 12.2. The Balaban J connectivity index is 0.00000163. The van der Waals surface area contributed by atoms with E-state index >= 15 is 0 Å². The Kier molecular flexibility index (Phi) is 9.87. The molecule has 26 heavy (non-hydrogen) atoms. The minimum absolute atomic E-state index is 0.0680. The second-order valence-electron chi connectivity index (χ2n) is 7.39. The summed E-state index contributed by atoms with van der Waals surface area (Å²) < 4.78 is 0. The predicted molar refractivity (Wildman–Crippen MR) is 114 cm³/mol. The van der Waals surface area contributed by atoms with E-state index in [1.807, 2.05) is 0 Å². The Hall–Kier alpha value is -0.366. The van der Waals surface area contributed by atoms with Gasteiger partial charge in [0.05, 0.1) is 0 Å². The van der Waals surface area contributed by atoms with E-state index in [9.17, 15) is 5.11 Å². The van der Waals surface area contributed by atoms with Crippen molar-refractivity contribution in [1.29, 1.82) is 0 Å². The zero-order valence-electron chi connectivity index (χ0n) is 16.6. The summed E-state index contributed by atoms with van der Waals surface area (Å²) in [5, 5.41) is 17.7. The van der Waals surface area contributed by atoms with Crippen molar-refractivity contribution in [2.45, 2.75) is 53.5 Å². The number of phenols is 1. The van der Waals surface area contributed by atoms with Gasteiger partial charge in [-0.25, -0.2) is 0 Å². The SMILES string of the molecule is CC[N-]Cc1cccc(C)c1Pc1cc(C)cc(C(C)(C)C)c1O.[Cl][Ti+]. The van der Waals surface area contributed by atoms with E-state index in [1.54, 1.807) is 0 Å². The maximum atomic E-state index is 10.9. The second-order valence-corrected chi connectivity index (χ2v) is 8.68. The molecule has 2 rings (SSSR count). The molecule has 0 radical (unpaired) electrons. The number of halogens is 1. The van der Waals surface area contributed by atoms with Gasteiger partial charge >= 0.3 is 28.7 Å². The summed E-state index contributed by atoms with van der Waals surface area (Å²) in [6.07, 6.45) is 0. The average Bonchev–Trinajstić information content (AvgIpc) is 2.59. The molecular weight excluding hydrogens is 397 g/mol. The van der Waals surface area contributed by atoms with Gasteiger partial charge in [-0.3, -0.25) is 0 Å². The molecule has 140 valence electrons.